The Morgan fingerprint density at radius 1 is 0.291 bits per heavy atom. The molecule has 0 radical (unpaired) electrons. The van der Waals surface area contributed by atoms with Crippen LogP contribution in [0.5, 0.6) is 0 Å². The molecule has 0 atom stereocenters. The predicted molar refractivity (Wildman–Crippen MR) is 222 cm³/mol. The van der Waals surface area contributed by atoms with Crippen LogP contribution in [0.3, 0.4) is 0 Å². The topological polar surface area (TPSA) is 76.3 Å². The summed E-state index contributed by atoms with van der Waals surface area (Å²) in [6, 6.07) is 68.9. The van der Waals surface area contributed by atoms with E-state index in [0.29, 0.717) is 16.7 Å². The molecule has 9 aromatic rings. The van der Waals surface area contributed by atoms with Crippen molar-refractivity contribution in [3.05, 3.63) is 199 Å². The first-order chi connectivity index (χ1) is 27.1. The minimum atomic E-state index is 0.638. The SMILES string of the molecule is N#Cc1ccc(-c2cccc(-c3ccc4c(c3)c3cc(-c5cccc(-c6ccc(C#N)cc6)c5)ccc3n4-c3cccc(-c4ccc(C#N)cc4)c3)c2)cc1. The molecule has 0 bridgehead atoms. The monoisotopic (exact) mass is 698 g/mol. The number of nitriles is 3. The van der Waals surface area contributed by atoms with Gasteiger partial charge in [0, 0.05) is 16.5 Å². The lowest BCUT2D eigenvalue weighted by Gasteiger charge is -2.11. The largest absolute Gasteiger partial charge is 0.309 e. The van der Waals surface area contributed by atoms with Gasteiger partial charge >= 0.3 is 0 Å². The number of aromatic nitrogens is 1. The van der Waals surface area contributed by atoms with E-state index < -0.39 is 0 Å². The van der Waals surface area contributed by atoms with Gasteiger partial charge in [-0.2, -0.15) is 15.8 Å². The third-order valence-corrected chi connectivity index (χ3v) is 10.3. The summed E-state index contributed by atoms with van der Waals surface area (Å²) in [6.07, 6.45) is 0. The highest BCUT2D eigenvalue weighted by Gasteiger charge is 2.16. The molecule has 1 heterocycles. The van der Waals surface area contributed by atoms with Gasteiger partial charge in [-0.1, -0.05) is 97.1 Å². The Labute approximate surface area is 319 Å². The Kier molecular flexibility index (Phi) is 8.30. The van der Waals surface area contributed by atoms with E-state index in [4.69, 9.17) is 0 Å². The number of hydrogen-bond donors (Lipinski definition) is 0. The van der Waals surface area contributed by atoms with Crippen molar-refractivity contribution in [3.8, 4) is 79.5 Å². The first-order valence-corrected chi connectivity index (χ1v) is 18.0. The quantitative estimate of drug-likeness (QED) is 0.173. The molecular weight excluding hydrogens is 669 g/mol. The van der Waals surface area contributed by atoms with Crippen LogP contribution in [0.25, 0.3) is 83.1 Å². The minimum Gasteiger partial charge on any atom is -0.309 e. The van der Waals surface area contributed by atoms with Crippen LogP contribution in [0.1, 0.15) is 16.7 Å². The third kappa shape index (κ3) is 6.19. The molecule has 9 rings (SSSR count). The molecule has 1 aromatic heterocycles. The van der Waals surface area contributed by atoms with Crippen LogP contribution in [-0.4, -0.2) is 4.57 Å². The van der Waals surface area contributed by atoms with Gasteiger partial charge in [-0.3, -0.25) is 0 Å². The Morgan fingerprint density at radius 2 is 0.600 bits per heavy atom. The van der Waals surface area contributed by atoms with Gasteiger partial charge in [-0.25, -0.2) is 0 Å². The highest BCUT2D eigenvalue weighted by molar-refractivity contribution is 6.11. The van der Waals surface area contributed by atoms with Crippen molar-refractivity contribution in [2.75, 3.05) is 0 Å². The lowest BCUT2D eigenvalue weighted by atomic mass is 9.96. The molecule has 0 aliphatic carbocycles. The second-order valence-electron chi connectivity index (χ2n) is 13.6. The summed E-state index contributed by atoms with van der Waals surface area (Å²) in [5.74, 6) is 0. The van der Waals surface area contributed by atoms with E-state index in [9.17, 15) is 15.8 Å². The molecule has 0 fully saturated rings. The minimum absolute atomic E-state index is 0.638. The lowest BCUT2D eigenvalue weighted by Crippen LogP contribution is -1.94. The normalized spacial score (nSPS) is 10.9. The smallest absolute Gasteiger partial charge is 0.0991 e. The van der Waals surface area contributed by atoms with Gasteiger partial charge in [0.25, 0.3) is 0 Å². The van der Waals surface area contributed by atoms with E-state index >= 15 is 0 Å². The predicted octanol–water partition coefficient (Wildman–Crippen LogP) is 12.7. The zero-order valence-electron chi connectivity index (χ0n) is 29.6. The molecule has 0 saturated carbocycles. The first-order valence-electron chi connectivity index (χ1n) is 18.0. The Balaban J connectivity index is 1.20. The third-order valence-electron chi connectivity index (χ3n) is 10.3. The average Bonchev–Trinajstić information content (AvgIpc) is 3.59. The Morgan fingerprint density at radius 3 is 0.982 bits per heavy atom. The summed E-state index contributed by atoms with van der Waals surface area (Å²) >= 11 is 0. The van der Waals surface area contributed by atoms with Crippen LogP contribution in [0.4, 0.5) is 0 Å². The van der Waals surface area contributed by atoms with E-state index in [1.165, 1.54) is 0 Å². The van der Waals surface area contributed by atoms with Gasteiger partial charge < -0.3 is 4.57 Å². The fraction of sp³-hybridized carbons (Fsp3) is 0. The fourth-order valence-corrected chi connectivity index (χ4v) is 7.45. The zero-order valence-corrected chi connectivity index (χ0v) is 29.6. The number of benzene rings is 8. The molecule has 55 heavy (non-hydrogen) atoms. The Bertz CT molecular complexity index is 2880. The van der Waals surface area contributed by atoms with E-state index in [2.05, 4.69) is 132 Å². The molecule has 4 heteroatoms. The zero-order chi connectivity index (χ0) is 37.3. The van der Waals surface area contributed by atoms with Crippen molar-refractivity contribution in [1.82, 2.24) is 4.57 Å². The van der Waals surface area contributed by atoms with Gasteiger partial charge in [-0.05, 0) is 141 Å². The van der Waals surface area contributed by atoms with Crippen molar-refractivity contribution < 1.29 is 0 Å². The van der Waals surface area contributed by atoms with Crippen molar-refractivity contribution in [2.24, 2.45) is 0 Å². The molecule has 4 nitrogen and oxygen atoms in total. The maximum absolute atomic E-state index is 9.35. The van der Waals surface area contributed by atoms with E-state index in [0.717, 1.165) is 83.1 Å². The van der Waals surface area contributed by atoms with Crippen molar-refractivity contribution in [1.29, 1.82) is 15.8 Å². The molecule has 0 amide bonds. The lowest BCUT2D eigenvalue weighted by molar-refractivity contribution is 1.18. The summed E-state index contributed by atoms with van der Waals surface area (Å²) in [5.41, 5.74) is 16.1. The number of hydrogen-bond acceptors (Lipinski definition) is 3. The van der Waals surface area contributed by atoms with Gasteiger partial charge in [0.2, 0.25) is 0 Å². The second kappa shape index (κ2) is 13.9. The van der Waals surface area contributed by atoms with Crippen molar-refractivity contribution in [2.45, 2.75) is 0 Å². The molecule has 254 valence electrons. The summed E-state index contributed by atoms with van der Waals surface area (Å²) in [6.45, 7) is 0. The number of rotatable bonds is 6. The van der Waals surface area contributed by atoms with Crippen LogP contribution in [0.15, 0.2) is 182 Å². The van der Waals surface area contributed by atoms with Crippen LogP contribution in [0.2, 0.25) is 0 Å². The summed E-state index contributed by atoms with van der Waals surface area (Å²) in [4.78, 5) is 0. The van der Waals surface area contributed by atoms with E-state index in [1.54, 1.807) is 0 Å². The van der Waals surface area contributed by atoms with E-state index in [1.807, 2.05) is 72.8 Å². The van der Waals surface area contributed by atoms with Gasteiger partial charge in [0.05, 0.1) is 45.9 Å². The Hall–Kier alpha value is -7.97. The maximum Gasteiger partial charge on any atom is 0.0991 e. The average molecular weight is 699 g/mol. The first kappa shape index (κ1) is 32.9. The molecule has 0 N–H and O–H groups in total. The number of nitrogens with zero attached hydrogens (tertiary/aromatic N) is 4. The summed E-state index contributed by atoms with van der Waals surface area (Å²) < 4.78 is 2.34. The van der Waals surface area contributed by atoms with E-state index in [-0.39, 0.29) is 0 Å². The highest BCUT2D eigenvalue weighted by atomic mass is 15.0. The van der Waals surface area contributed by atoms with Crippen molar-refractivity contribution in [3.63, 3.8) is 0 Å². The van der Waals surface area contributed by atoms with Crippen molar-refractivity contribution >= 4 is 21.8 Å². The summed E-state index contributed by atoms with van der Waals surface area (Å²) in [7, 11) is 0. The van der Waals surface area contributed by atoms with Crippen LogP contribution in [-0.2, 0) is 0 Å². The fourth-order valence-electron chi connectivity index (χ4n) is 7.45. The molecule has 8 aromatic carbocycles. The molecule has 0 spiro atoms. The van der Waals surface area contributed by atoms with Crippen LogP contribution >= 0.6 is 0 Å². The standard InChI is InChI=1S/C51H30N4/c52-31-34-10-16-37(17-11-34)40-4-1-6-42(26-40)45-22-24-50-48(29-45)49-30-46(43-7-2-5-41(27-43)38-18-12-35(32-53)13-19-38)23-25-51(49)55(50)47-9-3-8-44(28-47)39-20-14-36(33-54)15-21-39/h1-30H. The number of fused-ring (bicyclic) bond motifs is 3. The highest BCUT2D eigenvalue weighted by Crippen LogP contribution is 2.39. The summed E-state index contributed by atoms with van der Waals surface area (Å²) in [5, 5.41) is 30.2. The molecular formula is C51H30N4. The molecule has 0 saturated heterocycles. The molecule has 0 aliphatic heterocycles. The van der Waals surface area contributed by atoms with Crippen LogP contribution in [0, 0.1) is 34.0 Å². The molecule has 0 aliphatic rings. The maximum atomic E-state index is 9.35. The van der Waals surface area contributed by atoms with Gasteiger partial charge in [-0.15, -0.1) is 0 Å². The molecule has 0 unspecified atom stereocenters. The van der Waals surface area contributed by atoms with Crippen LogP contribution < -0.4 is 0 Å². The van der Waals surface area contributed by atoms with Gasteiger partial charge in [0.1, 0.15) is 0 Å². The van der Waals surface area contributed by atoms with Gasteiger partial charge in [0.15, 0.2) is 0 Å². The second-order valence-corrected chi connectivity index (χ2v) is 13.6.